The van der Waals surface area contributed by atoms with E-state index in [1.807, 2.05) is 37.3 Å². The van der Waals surface area contributed by atoms with Gasteiger partial charge in [-0.15, -0.1) is 0 Å². The minimum Gasteiger partial charge on any atom is -0.459 e. The van der Waals surface area contributed by atoms with E-state index in [0.717, 1.165) is 64.1 Å². The first-order chi connectivity index (χ1) is 16.9. The van der Waals surface area contributed by atoms with Gasteiger partial charge in [-0.1, -0.05) is 24.8 Å². The Bertz CT molecular complexity index is 1690. The van der Waals surface area contributed by atoms with Crippen molar-refractivity contribution in [3.05, 3.63) is 76.6 Å². The summed E-state index contributed by atoms with van der Waals surface area (Å²) in [4.78, 5) is 30.3. The molecule has 0 spiro atoms. The first kappa shape index (κ1) is 21.6. The molecule has 0 amide bonds. The van der Waals surface area contributed by atoms with Crippen molar-refractivity contribution in [2.24, 2.45) is 0 Å². The lowest BCUT2D eigenvalue weighted by Crippen LogP contribution is -2.31. The first-order valence-corrected chi connectivity index (χ1v) is 12.1. The van der Waals surface area contributed by atoms with Gasteiger partial charge in [0.2, 0.25) is 0 Å². The Morgan fingerprint density at radius 2 is 1.83 bits per heavy atom. The van der Waals surface area contributed by atoms with Crippen molar-refractivity contribution in [1.29, 1.82) is 0 Å². The Morgan fingerprint density at radius 3 is 2.60 bits per heavy atom. The van der Waals surface area contributed by atoms with Crippen molar-refractivity contribution in [2.75, 3.05) is 5.32 Å². The number of nitrogens with zero attached hydrogens (tertiary/aromatic N) is 2. The molecule has 6 nitrogen and oxygen atoms in total. The van der Waals surface area contributed by atoms with Crippen molar-refractivity contribution < 1.29 is 9.53 Å². The number of hydrogen-bond acceptors (Lipinski definition) is 5. The van der Waals surface area contributed by atoms with Gasteiger partial charge in [0.25, 0.3) is 5.56 Å². The number of aryl methyl sites for hydroxylation is 1. The fraction of sp³-hybridized carbons (Fsp3) is 0.276. The number of fused-ring (bicyclic) bond motifs is 4. The van der Waals surface area contributed by atoms with Gasteiger partial charge in [0.1, 0.15) is 11.8 Å². The van der Waals surface area contributed by atoms with Crippen LogP contribution in [0.1, 0.15) is 38.2 Å². The van der Waals surface area contributed by atoms with Crippen LogP contribution in [0.2, 0.25) is 0 Å². The molecule has 2 heterocycles. The number of rotatable bonds is 4. The summed E-state index contributed by atoms with van der Waals surface area (Å²) in [6.45, 7) is 7.37. The second-order valence-electron chi connectivity index (χ2n) is 9.76. The number of aromatic nitrogens is 2. The van der Waals surface area contributed by atoms with Crippen molar-refractivity contribution in [1.82, 2.24) is 9.38 Å². The molecule has 0 radical (unpaired) electrons. The maximum atomic E-state index is 13.6. The predicted molar refractivity (Wildman–Crippen MR) is 140 cm³/mol. The van der Waals surface area contributed by atoms with Gasteiger partial charge < -0.3 is 10.1 Å². The highest BCUT2D eigenvalue weighted by molar-refractivity contribution is 6.18. The van der Waals surface area contributed by atoms with E-state index in [4.69, 9.17) is 9.72 Å². The SMILES string of the molecule is C=C(C)C(=O)OC1CCC(Nc2ccc3c4c2cccc4c(=O)n2c4ccc(C)cc4nc32)CC1. The average Bonchev–Trinajstić information content (AvgIpc) is 3.23. The predicted octanol–water partition coefficient (Wildman–Crippen LogP) is 5.74. The van der Waals surface area contributed by atoms with Gasteiger partial charge in [0, 0.05) is 38.8 Å². The Kier molecular flexibility index (Phi) is 4.99. The van der Waals surface area contributed by atoms with Crippen LogP contribution in [0, 0.1) is 6.92 Å². The zero-order valence-corrected chi connectivity index (χ0v) is 19.9. The summed E-state index contributed by atoms with van der Waals surface area (Å²) < 4.78 is 7.28. The highest BCUT2D eigenvalue weighted by Gasteiger charge is 2.25. The molecule has 35 heavy (non-hydrogen) atoms. The molecule has 0 unspecified atom stereocenters. The van der Waals surface area contributed by atoms with Crippen LogP contribution in [0.3, 0.4) is 0 Å². The Labute approximate surface area is 202 Å². The van der Waals surface area contributed by atoms with Crippen molar-refractivity contribution in [3.63, 3.8) is 0 Å². The molecule has 6 heteroatoms. The number of carbonyl (C=O) groups excluding carboxylic acids is 1. The number of hydrogen-bond donors (Lipinski definition) is 1. The lowest BCUT2D eigenvalue weighted by Gasteiger charge is -2.30. The maximum Gasteiger partial charge on any atom is 0.333 e. The van der Waals surface area contributed by atoms with E-state index in [1.165, 1.54) is 0 Å². The molecule has 0 atom stereocenters. The fourth-order valence-corrected chi connectivity index (χ4v) is 5.39. The van der Waals surface area contributed by atoms with Crippen molar-refractivity contribution >= 4 is 49.9 Å². The average molecular weight is 466 g/mol. The van der Waals surface area contributed by atoms with Gasteiger partial charge in [0.15, 0.2) is 0 Å². The molecule has 6 rings (SSSR count). The normalized spacial score (nSPS) is 18.5. The molecule has 176 valence electrons. The molecule has 0 saturated heterocycles. The molecule has 0 bridgehead atoms. The molecule has 2 aromatic heterocycles. The number of carbonyl (C=O) groups is 1. The molecule has 1 fully saturated rings. The van der Waals surface area contributed by atoms with Gasteiger partial charge in [-0.3, -0.25) is 9.20 Å². The van der Waals surface area contributed by atoms with Gasteiger partial charge in [-0.2, -0.15) is 0 Å². The Morgan fingerprint density at radius 1 is 1.06 bits per heavy atom. The summed E-state index contributed by atoms with van der Waals surface area (Å²) in [5, 5.41) is 7.35. The highest BCUT2D eigenvalue weighted by atomic mass is 16.5. The molecular weight excluding hydrogens is 438 g/mol. The summed E-state index contributed by atoms with van der Waals surface area (Å²) in [5.41, 5.74) is 4.90. The van der Waals surface area contributed by atoms with Gasteiger partial charge in [-0.25, -0.2) is 9.78 Å². The van der Waals surface area contributed by atoms with Gasteiger partial charge in [0.05, 0.1) is 11.0 Å². The maximum absolute atomic E-state index is 13.6. The second kappa shape index (κ2) is 8.08. The van der Waals surface area contributed by atoms with Crippen LogP contribution in [0.5, 0.6) is 0 Å². The summed E-state index contributed by atoms with van der Waals surface area (Å²) in [7, 11) is 0. The van der Waals surface area contributed by atoms with E-state index >= 15 is 0 Å². The van der Waals surface area contributed by atoms with Crippen LogP contribution in [-0.4, -0.2) is 27.5 Å². The van der Waals surface area contributed by atoms with Crippen LogP contribution in [0.4, 0.5) is 5.69 Å². The Hall–Kier alpha value is -3.93. The number of benzene rings is 3. The van der Waals surface area contributed by atoms with E-state index < -0.39 is 0 Å². The number of nitrogens with one attached hydrogen (secondary N) is 1. The summed E-state index contributed by atoms with van der Waals surface area (Å²) >= 11 is 0. The highest BCUT2D eigenvalue weighted by Crippen LogP contribution is 2.35. The monoisotopic (exact) mass is 465 g/mol. The molecule has 1 saturated carbocycles. The molecule has 1 aliphatic carbocycles. The third kappa shape index (κ3) is 3.52. The third-order valence-electron chi connectivity index (χ3n) is 7.18. The van der Waals surface area contributed by atoms with Gasteiger partial charge in [-0.05, 0) is 75.4 Å². The van der Waals surface area contributed by atoms with Crippen LogP contribution < -0.4 is 10.9 Å². The summed E-state index contributed by atoms with van der Waals surface area (Å²) in [6, 6.07) is 16.4. The van der Waals surface area contributed by atoms with E-state index in [2.05, 4.69) is 30.1 Å². The first-order valence-electron chi connectivity index (χ1n) is 12.1. The second-order valence-corrected chi connectivity index (χ2v) is 9.76. The lowest BCUT2D eigenvalue weighted by molar-refractivity contribution is -0.145. The number of anilines is 1. The van der Waals surface area contributed by atoms with Crippen LogP contribution >= 0.6 is 0 Å². The quantitative estimate of drug-likeness (QED) is 0.271. The standard InChI is InChI=1S/C29H27N3O3/c1-16(2)29(34)35-19-10-8-18(9-11-19)30-23-13-12-21-26-20(23)5-4-6-22(26)28(33)32-25-14-7-17(3)15-24(25)31-27(21)32/h4-7,12-15,18-19,30H,1,8-11H2,2-3H3. The van der Waals surface area contributed by atoms with Crippen molar-refractivity contribution in [3.8, 4) is 0 Å². The molecular formula is C29H27N3O3. The van der Waals surface area contributed by atoms with E-state index in [9.17, 15) is 9.59 Å². The number of esters is 1. The molecule has 1 aliphatic rings. The van der Waals surface area contributed by atoms with Crippen LogP contribution in [-0.2, 0) is 9.53 Å². The topological polar surface area (TPSA) is 72.7 Å². The van der Waals surface area contributed by atoms with E-state index in [-0.39, 0.29) is 23.7 Å². The van der Waals surface area contributed by atoms with E-state index in [0.29, 0.717) is 16.6 Å². The zero-order valence-electron chi connectivity index (χ0n) is 19.9. The minimum absolute atomic E-state index is 0.0403. The molecule has 0 aliphatic heterocycles. The molecule has 5 aromatic rings. The Balaban J connectivity index is 1.38. The summed E-state index contributed by atoms with van der Waals surface area (Å²) in [6.07, 6.45) is 3.40. The number of ether oxygens (including phenoxy) is 1. The number of pyridine rings is 1. The fourth-order valence-electron chi connectivity index (χ4n) is 5.39. The lowest BCUT2D eigenvalue weighted by atomic mass is 9.92. The smallest absolute Gasteiger partial charge is 0.333 e. The van der Waals surface area contributed by atoms with Crippen molar-refractivity contribution in [2.45, 2.75) is 51.7 Å². The molecule has 1 N–H and O–H groups in total. The van der Waals surface area contributed by atoms with Crippen LogP contribution in [0.15, 0.2) is 65.5 Å². The van der Waals surface area contributed by atoms with Crippen LogP contribution in [0.25, 0.3) is 38.2 Å². The zero-order chi connectivity index (χ0) is 24.3. The van der Waals surface area contributed by atoms with E-state index in [1.54, 1.807) is 11.3 Å². The minimum atomic E-state index is -0.309. The molecule has 3 aromatic carbocycles. The van der Waals surface area contributed by atoms with Gasteiger partial charge >= 0.3 is 5.97 Å². The number of imidazole rings is 1. The summed E-state index contributed by atoms with van der Waals surface area (Å²) in [5.74, 6) is -0.309. The largest absolute Gasteiger partial charge is 0.459 e. The third-order valence-corrected chi connectivity index (χ3v) is 7.18.